The highest BCUT2D eigenvalue weighted by Crippen LogP contribution is 2.35. The van der Waals surface area contributed by atoms with E-state index < -0.39 is 0 Å². The van der Waals surface area contributed by atoms with E-state index in [0.717, 1.165) is 11.1 Å². The number of hydrogen-bond donors (Lipinski definition) is 3. The predicted molar refractivity (Wildman–Crippen MR) is 66.3 cm³/mol. The van der Waals surface area contributed by atoms with E-state index >= 15 is 0 Å². The summed E-state index contributed by atoms with van der Waals surface area (Å²) in [5.74, 6) is 0.337. The number of benzene rings is 2. The van der Waals surface area contributed by atoms with Gasteiger partial charge in [-0.2, -0.15) is 0 Å². The van der Waals surface area contributed by atoms with Crippen molar-refractivity contribution in [3.8, 4) is 28.4 Å². The van der Waals surface area contributed by atoms with Crippen molar-refractivity contribution in [2.45, 2.75) is 13.8 Å². The zero-order valence-corrected chi connectivity index (χ0v) is 9.73. The fourth-order valence-electron chi connectivity index (χ4n) is 1.75. The molecule has 0 aromatic heterocycles. The van der Waals surface area contributed by atoms with Gasteiger partial charge in [-0.3, -0.25) is 0 Å². The first-order valence-corrected chi connectivity index (χ1v) is 5.31. The number of phenols is 3. The van der Waals surface area contributed by atoms with Crippen molar-refractivity contribution in [1.82, 2.24) is 0 Å². The summed E-state index contributed by atoms with van der Waals surface area (Å²) in [6, 6.07) is 7.76. The zero-order valence-electron chi connectivity index (χ0n) is 9.73. The topological polar surface area (TPSA) is 60.7 Å². The van der Waals surface area contributed by atoms with E-state index in [1.54, 1.807) is 6.07 Å². The van der Waals surface area contributed by atoms with E-state index in [1.165, 1.54) is 18.2 Å². The molecule has 0 atom stereocenters. The molecule has 2 aromatic rings. The van der Waals surface area contributed by atoms with E-state index in [1.807, 2.05) is 19.9 Å². The molecule has 88 valence electrons. The van der Waals surface area contributed by atoms with E-state index in [4.69, 9.17) is 0 Å². The molecule has 0 spiro atoms. The van der Waals surface area contributed by atoms with E-state index in [-0.39, 0.29) is 17.2 Å². The molecule has 3 heteroatoms. The Morgan fingerprint density at radius 2 is 1.53 bits per heavy atom. The van der Waals surface area contributed by atoms with Gasteiger partial charge in [-0.25, -0.2) is 0 Å². The Bertz CT molecular complexity index is 551. The standard InChI is InChI=1S/C14H14O3/c1-8-5-10(6-14(17)9(8)2)12-7-11(15)3-4-13(12)16/h3-7,15-17H,1-2H3. The fraction of sp³-hybridized carbons (Fsp3) is 0.143. The van der Waals surface area contributed by atoms with Crippen LogP contribution in [0, 0.1) is 13.8 Å². The molecule has 0 saturated carbocycles. The van der Waals surface area contributed by atoms with Gasteiger partial charge < -0.3 is 15.3 Å². The first-order chi connectivity index (χ1) is 7.99. The summed E-state index contributed by atoms with van der Waals surface area (Å²) < 4.78 is 0. The molecule has 0 unspecified atom stereocenters. The van der Waals surface area contributed by atoms with Gasteiger partial charge in [-0.15, -0.1) is 0 Å². The van der Waals surface area contributed by atoms with E-state index in [2.05, 4.69) is 0 Å². The SMILES string of the molecule is Cc1cc(-c2cc(O)ccc2O)cc(O)c1C. The smallest absolute Gasteiger partial charge is 0.123 e. The molecule has 0 bridgehead atoms. The quantitative estimate of drug-likeness (QED) is 0.660. The van der Waals surface area contributed by atoms with Crippen LogP contribution in [0.25, 0.3) is 11.1 Å². The highest BCUT2D eigenvalue weighted by molar-refractivity contribution is 5.73. The monoisotopic (exact) mass is 230 g/mol. The first-order valence-electron chi connectivity index (χ1n) is 5.31. The lowest BCUT2D eigenvalue weighted by Crippen LogP contribution is -1.86. The minimum Gasteiger partial charge on any atom is -0.508 e. The molecule has 17 heavy (non-hydrogen) atoms. The van der Waals surface area contributed by atoms with Gasteiger partial charge in [-0.05, 0) is 54.8 Å². The summed E-state index contributed by atoms with van der Waals surface area (Å²) in [6.45, 7) is 3.72. The minimum atomic E-state index is 0.0745. The van der Waals surface area contributed by atoms with Gasteiger partial charge in [0.15, 0.2) is 0 Å². The Hall–Kier alpha value is -2.16. The molecular formula is C14H14O3. The average molecular weight is 230 g/mol. The Morgan fingerprint density at radius 1 is 0.824 bits per heavy atom. The summed E-state index contributed by atoms with van der Waals surface area (Å²) in [5.41, 5.74) is 2.93. The van der Waals surface area contributed by atoms with Gasteiger partial charge in [0.05, 0.1) is 0 Å². The molecule has 2 aromatic carbocycles. The molecule has 3 nitrogen and oxygen atoms in total. The summed E-state index contributed by atoms with van der Waals surface area (Å²) in [4.78, 5) is 0. The van der Waals surface area contributed by atoms with Crippen LogP contribution in [0.4, 0.5) is 0 Å². The summed E-state index contributed by atoms with van der Waals surface area (Å²) in [5, 5.41) is 28.9. The molecule has 0 saturated heterocycles. The molecule has 0 fully saturated rings. The highest BCUT2D eigenvalue weighted by Gasteiger charge is 2.09. The lowest BCUT2D eigenvalue weighted by atomic mass is 9.99. The van der Waals surface area contributed by atoms with Crippen molar-refractivity contribution in [3.05, 3.63) is 41.5 Å². The number of aryl methyl sites for hydroxylation is 1. The zero-order chi connectivity index (χ0) is 12.6. The molecule has 0 aliphatic carbocycles. The number of aromatic hydroxyl groups is 3. The summed E-state index contributed by atoms with van der Waals surface area (Å²) >= 11 is 0. The summed E-state index contributed by atoms with van der Waals surface area (Å²) in [7, 11) is 0. The number of phenolic OH excluding ortho intramolecular Hbond substituents is 3. The van der Waals surface area contributed by atoms with Gasteiger partial charge in [-0.1, -0.05) is 6.07 Å². The second-order valence-corrected chi connectivity index (χ2v) is 4.14. The Morgan fingerprint density at radius 3 is 2.18 bits per heavy atom. The second kappa shape index (κ2) is 4.01. The Labute approximate surface area is 99.6 Å². The van der Waals surface area contributed by atoms with Crippen LogP contribution in [0.1, 0.15) is 11.1 Å². The maximum Gasteiger partial charge on any atom is 0.123 e. The van der Waals surface area contributed by atoms with Crippen LogP contribution in [0.2, 0.25) is 0 Å². The maximum atomic E-state index is 9.76. The predicted octanol–water partition coefficient (Wildman–Crippen LogP) is 3.09. The molecule has 0 amide bonds. The molecule has 0 aliphatic heterocycles. The van der Waals surface area contributed by atoms with Crippen molar-refractivity contribution in [1.29, 1.82) is 0 Å². The van der Waals surface area contributed by atoms with Crippen LogP contribution in [-0.2, 0) is 0 Å². The van der Waals surface area contributed by atoms with Crippen molar-refractivity contribution in [3.63, 3.8) is 0 Å². The molecule has 0 aliphatic rings. The van der Waals surface area contributed by atoms with E-state index in [9.17, 15) is 15.3 Å². The first kappa shape index (κ1) is 11.3. The van der Waals surface area contributed by atoms with Crippen LogP contribution < -0.4 is 0 Å². The Balaban J connectivity index is 2.64. The second-order valence-electron chi connectivity index (χ2n) is 4.14. The van der Waals surface area contributed by atoms with Gasteiger partial charge in [0.25, 0.3) is 0 Å². The lowest BCUT2D eigenvalue weighted by Gasteiger charge is -2.10. The van der Waals surface area contributed by atoms with Crippen LogP contribution in [-0.4, -0.2) is 15.3 Å². The van der Waals surface area contributed by atoms with Gasteiger partial charge in [0.2, 0.25) is 0 Å². The lowest BCUT2D eigenvalue weighted by molar-refractivity contribution is 0.461. The molecule has 0 heterocycles. The average Bonchev–Trinajstić information content (AvgIpc) is 2.28. The Kier molecular flexibility index (Phi) is 2.68. The third-order valence-electron chi connectivity index (χ3n) is 2.93. The number of hydrogen-bond acceptors (Lipinski definition) is 3. The number of rotatable bonds is 1. The van der Waals surface area contributed by atoms with E-state index in [0.29, 0.717) is 11.1 Å². The summed E-state index contributed by atoms with van der Waals surface area (Å²) in [6.07, 6.45) is 0. The van der Waals surface area contributed by atoms with Crippen molar-refractivity contribution in [2.75, 3.05) is 0 Å². The van der Waals surface area contributed by atoms with Gasteiger partial charge >= 0.3 is 0 Å². The van der Waals surface area contributed by atoms with Gasteiger partial charge in [0, 0.05) is 5.56 Å². The van der Waals surface area contributed by atoms with Crippen molar-refractivity contribution < 1.29 is 15.3 Å². The van der Waals surface area contributed by atoms with Crippen LogP contribution >= 0.6 is 0 Å². The van der Waals surface area contributed by atoms with Crippen molar-refractivity contribution >= 4 is 0 Å². The van der Waals surface area contributed by atoms with Crippen LogP contribution in [0.15, 0.2) is 30.3 Å². The fourth-order valence-corrected chi connectivity index (χ4v) is 1.75. The maximum absolute atomic E-state index is 9.76. The highest BCUT2D eigenvalue weighted by atomic mass is 16.3. The third kappa shape index (κ3) is 2.04. The molecule has 3 N–H and O–H groups in total. The largest absolute Gasteiger partial charge is 0.508 e. The van der Waals surface area contributed by atoms with Crippen LogP contribution in [0.5, 0.6) is 17.2 Å². The van der Waals surface area contributed by atoms with Crippen LogP contribution in [0.3, 0.4) is 0 Å². The minimum absolute atomic E-state index is 0.0745. The molecule has 2 rings (SSSR count). The molecule has 0 radical (unpaired) electrons. The van der Waals surface area contributed by atoms with Crippen molar-refractivity contribution in [2.24, 2.45) is 0 Å². The normalized spacial score (nSPS) is 10.5. The van der Waals surface area contributed by atoms with Gasteiger partial charge in [0.1, 0.15) is 17.2 Å². The third-order valence-corrected chi connectivity index (χ3v) is 2.93. The molecular weight excluding hydrogens is 216 g/mol.